The fraction of sp³-hybridized carbons (Fsp3) is 0.200. The van der Waals surface area contributed by atoms with Gasteiger partial charge in [-0.3, -0.25) is 9.59 Å². The van der Waals surface area contributed by atoms with E-state index in [9.17, 15) is 9.59 Å². The second-order valence-corrected chi connectivity index (χ2v) is 3.05. The Morgan fingerprint density at radius 2 is 2.07 bits per heavy atom. The van der Waals surface area contributed by atoms with Crippen molar-refractivity contribution in [2.45, 2.75) is 6.10 Å². The number of ether oxygens (including phenoxy) is 1. The fourth-order valence-electron chi connectivity index (χ4n) is 1.07. The lowest BCUT2D eigenvalue weighted by molar-refractivity contribution is -0.117. The lowest BCUT2D eigenvalue weighted by atomic mass is 10.2. The normalized spacial score (nSPS) is 18.7. The van der Waals surface area contributed by atoms with Crippen LogP contribution in [0.2, 0.25) is 0 Å². The minimum absolute atomic E-state index is 0.135. The Labute approximate surface area is 80.9 Å². The van der Waals surface area contributed by atoms with Crippen molar-refractivity contribution in [1.29, 1.82) is 0 Å². The summed E-state index contributed by atoms with van der Waals surface area (Å²) in [6.07, 6.45) is 0.469. The van der Waals surface area contributed by atoms with Crippen molar-refractivity contribution in [1.82, 2.24) is 0 Å². The molecule has 0 bridgehead atoms. The van der Waals surface area contributed by atoms with E-state index < -0.39 is 0 Å². The Bertz CT molecular complexity index is 354. The molecule has 1 aromatic rings. The first-order valence-electron chi connectivity index (χ1n) is 4.27. The van der Waals surface area contributed by atoms with Crippen LogP contribution in [-0.4, -0.2) is 24.9 Å². The molecule has 1 saturated heterocycles. The SMILES string of the molecule is O=Cc1ccc(NC(=O)C2CO2)cc1. The van der Waals surface area contributed by atoms with Crippen LogP contribution in [0.25, 0.3) is 0 Å². The van der Waals surface area contributed by atoms with Crippen LogP contribution in [0.4, 0.5) is 5.69 Å². The van der Waals surface area contributed by atoms with E-state index in [0.717, 1.165) is 6.29 Å². The highest BCUT2D eigenvalue weighted by Gasteiger charge is 2.31. The molecular formula is C10H9NO3. The van der Waals surface area contributed by atoms with E-state index in [1.54, 1.807) is 24.3 Å². The number of carbonyl (C=O) groups is 2. The third-order valence-corrected chi connectivity index (χ3v) is 1.94. The van der Waals surface area contributed by atoms with Gasteiger partial charge in [-0.15, -0.1) is 0 Å². The number of rotatable bonds is 3. The van der Waals surface area contributed by atoms with Crippen molar-refractivity contribution in [2.75, 3.05) is 11.9 Å². The monoisotopic (exact) mass is 191 g/mol. The van der Waals surface area contributed by atoms with Gasteiger partial charge in [0.15, 0.2) is 6.10 Å². The van der Waals surface area contributed by atoms with Crippen molar-refractivity contribution < 1.29 is 14.3 Å². The zero-order chi connectivity index (χ0) is 9.97. The van der Waals surface area contributed by atoms with Gasteiger partial charge in [0.1, 0.15) is 6.29 Å². The number of hydrogen-bond donors (Lipinski definition) is 1. The molecule has 72 valence electrons. The molecular weight excluding hydrogens is 182 g/mol. The molecule has 1 fully saturated rings. The second kappa shape index (κ2) is 3.59. The average molecular weight is 191 g/mol. The lowest BCUT2D eigenvalue weighted by Crippen LogP contribution is -2.17. The number of aldehydes is 1. The molecule has 14 heavy (non-hydrogen) atoms. The highest BCUT2D eigenvalue weighted by atomic mass is 16.6. The number of carbonyl (C=O) groups excluding carboxylic acids is 2. The molecule has 2 rings (SSSR count). The molecule has 1 unspecified atom stereocenters. The van der Waals surface area contributed by atoms with Gasteiger partial charge < -0.3 is 10.1 Å². The Morgan fingerprint density at radius 3 is 2.57 bits per heavy atom. The number of amides is 1. The third kappa shape index (κ3) is 1.97. The molecule has 1 heterocycles. The topological polar surface area (TPSA) is 58.7 Å². The summed E-state index contributed by atoms with van der Waals surface area (Å²) >= 11 is 0. The van der Waals surface area contributed by atoms with Crippen molar-refractivity contribution in [3.05, 3.63) is 29.8 Å². The molecule has 0 radical (unpaired) electrons. The van der Waals surface area contributed by atoms with Gasteiger partial charge in [-0.2, -0.15) is 0 Å². The third-order valence-electron chi connectivity index (χ3n) is 1.94. The number of benzene rings is 1. The van der Waals surface area contributed by atoms with Crippen molar-refractivity contribution in [3.8, 4) is 0 Å². The van der Waals surface area contributed by atoms with E-state index in [2.05, 4.69) is 5.32 Å². The fourth-order valence-corrected chi connectivity index (χ4v) is 1.07. The highest BCUT2D eigenvalue weighted by Crippen LogP contribution is 2.13. The summed E-state index contributed by atoms with van der Waals surface area (Å²) in [4.78, 5) is 21.6. The standard InChI is InChI=1S/C10H9NO3/c12-5-7-1-3-8(4-2-7)11-10(13)9-6-14-9/h1-5,9H,6H2,(H,11,13). The zero-order valence-corrected chi connectivity index (χ0v) is 7.40. The van der Waals surface area contributed by atoms with Gasteiger partial charge in [0.05, 0.1) is 6.61 Å². The largest absolute Gasteiger partial charge is 0.363 e. The van der Waals surface area contributed by atoms with E-state index in [1.807, 2.05) is 0 Å². The Morgan fingerprint density at radius 1 is 1.43 bits per heavy atom. The van der Waals surface area contributed by atoms with Crippen LogP contribution < -0.4 is 5.32 Å². The Balaban J connectivity index is 2.01. The van der Waals surface area contributed by atoms with E-state index in [-0.39, 0.29) is 12.0 Å². The molecule has 1 amide bonds. The maximum atomic E-state index is 11.2. The smallest absolute Gasteiger partial charge is 0.255 e. The zero-order valence-electron chi connectivity index (χ0n) is 7.40. The van der Waals surface area contributed by atoms with Crippen molar-refractivity contribution >= 4 is 17.9 Å². The number of anilines is 1. The molecule has 0 aromatic heterocycles. The average Bonchev–Trinajstić information content (AvgIpc) is 3.02. The quantitative estimate of drug-likeness (QED) is 0.568. The summed E-state index contributed by atoms with van der Waals surface area (Å²) in [6.45, 7) is 0.498. The number of hydrogen-bond acceptors (Lipinski definition) is 3. The molecule has 1 aliphatic heterocycles. The van der Waals surface area contributed by atoms with Crippen LogP contribution in [0.5, 0.6) is 0 Å². The van der Waals surface area contributed by atoms with Gasteiger partial charge in [0.25, 0.3) is 5.91 Å². The molecule has 4 heteroatoms. The first-order chi connectivity index (χ1) is 6.79. The van der Waals surface area contributed by atoms with Gasteiger partial charge in [-0.25, -0.2) is 0 Å². The molecule has 0 spiro atoms. The summed E-state index contributed by atoms with van der Waals surface area (Å²) in [5, 5.41) is 2.68. The van der Waals surface area contributed by atoms with Gasteiger partial charge in [-0.1, -0.05) is 0 Å². The summed E-state index contributed by atoms with van der Waals surface area (Å²) in [5.41, 5.74) is 1.27. The minimum atomic E-state index is -0.291. The highest BCUT2D eigenvalue weighted by molar-refractivity contribution is 5.95. The van der Waals surface area contributed by atoms with Gasteiger partial charge >= 0.3 is 0 Å². The maximum absolute atomic E-state index is 11.2. The molecule has 1 aromatic carbocycles. The number of epoxide rings is 1. The van der Waals surface area contributed by atoms with E-state index >= 15 is 0 Å². The van der Waals surface area contributed by atoms with E-state index in [0.29, 0.717) is 17.9 Å². The van der Waals surface area contributed by atoms with Gasteiger partial charge in [0, 0.05) is 11.3 Å². The van der Waals surface area contributed by atoms with Crippen LogP contribution in [0.3, 0.4) is 0 Å². The van der Waals surface area contributed by atoms with Crippen LogP contribution in [-0.2, 0) is 9.53 Å². The molecule has 1 N–H and O–H groups in total. The van der Waals surface area contributed by atoms with Gasteiger partial charge in [0.2, 0.25) is 0 Å². The number of nitrogens with one attached hydrogen (secondary N) is 1. The molecule has 0 saturated carbocycles. The van der Waals surface area contributed by atoms with E-state index in [4.69, 9.17) is 4.74 Å². The Hall–Kier alpha value is -1.68. The first-order valence-corrected chi connectivity index (χ1v) is 4.27. The molecule has 0 aliphatic carbocycles. The van der Waals surface area contributed by atoms with Crippen LogP contribution in [0, 0.1) is 0 Å². The Kier molecular flexibility index (Phi) is 2.28. The van der Waals surface area contributed by atoms with Crippen LogP contribution in [0.15, 0.2) is 24.3 Å². The predicted octanol–water partition coefficient (Wildman–Crippen LogP) is 0.836. The molecule has 1 aliphatic rings. The van der Waals surface area contributed by atoms with E-state index in [1.165, 1.54) is 0 Å². The van der Waals surface area contributed by atoms with Crippen molar-refractivity contribution in [2.24, 2.45) is 0 Å². The molecule has 4 nitrogen and oxygen atoms in total. The van der Waals surface area contributed by atoms with Gasteiger partial charge in [-0.05, 0) is 24.3 Å². The summed E-state index contributed by atoms with van der Waals surface area (Å²) in [5.74, 6) is -0.135. The predicted molar refractivity (Wildman–Crippen MR) is 50.2 cm³/mol. The minimum Gasteiger partial charge on any atom is -0.363 e. The van der Waals surface area contributed by atoms with Crippen LogP contribution in [0.1, 0.15) is 10.4 Å². The van der Waals surface area contributed by atoms with Crippen molar-refractivity contribution in [3.63, 3.8) is 0 Å². The lowest BCUT2D eigenvalue weighted by Gasteiger charge is -2.02. The first kappa shape index (κ1) is 8.90. The summed E-state index contributed by atoms with van der Waals surface area (Å²) in [6, 6.07) is 6.67. The summed E-state index contributed by atoms with van der Waals surface area (Å²) < 4.78 is 4.82. The summed E-state index contributed by atoms with van der Waals surface area (Å²) in [7, 11) is 0. The van der Waals surface area contributed by atoms with Crippen LogP contribution >= 0.6 is 0 Å². The second-order valence-electron chi connectivity index (χ2n) is 3.05. The maximum Gasteiger partial charge on any atom is 0.255 e. The molecule has 1 atom stereocenters.